The van der Waals surface area contributed by atoms with Crippen molar-refractivity contribution in [3.05, 3.63) is 70.7 Å². The van der Waals surface area contributed by atoms with E-state index in [4.69, 9.17) is 9.47 Å². The molecule has 0 bridgehead atoms. The number of hydrogen-bond acceptors (Lipinski definition) is 5. The van der Waals surface area contributed by atoms with Gasteiger partial charge >= 0.3 is 6.03 Å². The summed E-state index contributed by atoms with van der Waals surface area (Å²) in [6.45, 7) is 0.944. The number of ether oxygens (including phenoxy) is 2. The van der Waals surface area contributed by atoms with Crippen molar-refractivity contribution < 1.29 is 14.3 Å². The largest absolute Gasteiger partial charge is 0.497 e. The number of benzene rings is 2. The van der Waals surface area contributed by atoms with Gasteiger partial charge in [0.2, 0.25) is 0 Å². The van der Waals surface area contributed by atoms with E-state index in [1.807, 2.05) is 47.8 Å². The van der Waals surface area contributed by atoms with E-state index in [0.29, 0.717) is 24.6 Å². The molecular weight excluding hydrogens is 362 g/mol. The first-order valence-electron chi connectivity index (χ1n) is 8.50. The molecule has 0 aliphatic carbocycles. The van der Waals surface area contributed by atoms with Crippen LogP contribution in [0.1, 0.15) is 11.3 Å². The number of rotatable bonds is 8. The van der Waals surface area contributed by atoms with Crippen molar-refractivity contribution in [3.8, 4) is 11.5 Å². The van der Waals surface area contributed by atoms with Gasteiger partial charge in [0.25, 0.3) is 0 Å². The lowest BCUT2D eigenvalue weighted by Gasteiger charge is -2.10. The monoisotopic (exact) mass is 383 g/mol. The summed E-state index contributed by atoms with van der Waals surface area (Å²) in [7, 11) is 1.64. The molecule has 0 unspecified atom stereocenters. The summed E-state index contributed by atoms with van der Waals surface area (Å²) in [6.07, 6.45) is 0.744. The third-order valence-corrected chi connectivity index (χ3v) is 4.46. The Morgan fingerprint density at radius 1 is 1.15 bits per heavy atom. The van der Waals surface area contributed by atoms with E-state index in [-0.39, 0.29) is 6.03 Å². The third-order valence-electron chi connectivity index (χ3n) is 3.82. The van der Waals surface area contributed by atoms with Gasteiger partial charge in [0.15, 0.2) is 0 Å². The van der Waals surface area contributed by atoms with Crippen LogP contribution in [0.3, 0.4) is 0 Å². The first-order chi connectivity index (χ1) is 13.2. The molecule has 0 aliphatic heterocycles. The topological polar surface area (TPSA) is 72.5 Å². The van der Waals surface area contributed by atoms with Crippen LogP contribution in [0, 0.1) is 0 Å². The minimum Gasteiger partial charge on any atom is -0.497 e. The van der Waals surface area contributed by atoms with Crippen LogP contribution < -0.4 is 20.1 Å². The molecule has 0 spiro atoms. The average molecular weight is 383 g/mol. The Labute approximate surface area is 162 Å². The van der Waals surface area contributed by atoms with Crippen molar-refractivity contribution in [2.24, 2.45) is 0 Å². The number of nitrogens with one attached hydrogen (secondary N) is 2. The highest BCUT2D eigenvalue weighted by Gasteiger charge is 2.04. The molecule has 2 aromatic carbocycles. The number of aromatic nitrogens is 1. The normalized spacial score (nSPS) is 10.3. The van der Waals surface area contributed by atoms with E-state index < -0.39 is 0 Å². The molecule has 140 valence electrons. The van der Waals surface area contributed by atoms with Gasteiger partial charge in [0.1, 0.15) is 18.1 Å². The number of carbonyl (C=O) groups is 1. The van der Waals surface area contributed by atoms with E-state index in [1.165, 1.54) is 11.3 Å². The van der Waals surface area contributed by atoms with Crippen molar-refractivity contribution in [1.82, 2.24) is 10.3 Å². The Kier molecular flexibility index (Phi) is 6.65. The Hall–Kier alpha value is -3.06. The summed E-state index contributed by atoms with van der Waals surface area (Å²) in [4.78, 5) is 16.2. The zero-order valence-electron chi connectivity index (χ0n) is 15.0. The minimum atomic E-state index is -0.250. The summed E-state index contributed by atoms with van der Waals surface area (Å²) >= 11 is 1.53. The molecule has 0 radical (unpaired) electrons. The maximum atomic E-state index is 12.1. The fourth-order valence-corrected chi connectivity index (χ4v) is 2.96. The Balaban J connectivity index is 1.43. The number of amides is 2. The number of hydrogen-bond donors (Lipinski definition) is 2. The van der Waals surface area contributed by atoms with Gasteiger partial charge < -0.3 is 20.1 Å². The van der Waals surface area contributed by atoms with Gasteiger partial charge in [-0.1, -0.05) is 18.2 Å². The van der Waals surface area contributed by atoms with E-state index in [0.717, 1.165) is 23.4 Å². The SMILES string of the molecule is COc1ccc(CCNC(=O)Nc2cccc(OCc3cscn3)c2)cc1. The van der Waals surface area contributed by atoms with Crippen LogP contribution in [-0.4, -0.2) is 24.7 Å². The summed E-state index contributed by atoms with van der Waals surface area (Å²) in [6, 6.07) is 14.8. The van der Waals surface area contributed by atoms with Crippen LogP contribution in [0.2, 0.25) is 0 Å². The van der Waals surface area contributed by atoms with E-state index in [2.05, 4.69) is 15.6 Å². The maximum Gasteiger partial charge on any atom is 0.319 e. The number of anilines is 1. The lowest BCUT2D eigenvalue weighted by atomic mass is 10.1. The quantitative estimate of drug-likeness (QED) is 0.614. The lowest BCUT2D eigenvalue weighted by molar-refractivity contribution is 0.252. The summed E-state index contributed by atoms with van der Waals surface area (Å²) in [5, 5.41) is 7.61. The number of carbonyl (C=O) groups excluding carboxylic acids is 1. The smallest absolute Gasteiger partial charge is 0.319 e. The molecule has 0 aliphatic rings. The number of methoxy groups -OCH3 is 1. The Morgan fingerprint density at radius 3 is 2.74 bits per heavy atom. The van der Waals surface area contributed by atoms with E-state index in [9.17, 15) is 4.79 Å². The second-order valence-corrected chi connectivity index (χ2v) is 6.49. The number of urea groups is 1. The average Bonchev–Trinajstić information content (AvgIpc) is 3.21. The van der Waals surface area contributed by atoms with Gasteiger partial charge in [-0.05, 0) is 36.2 Å². The zero-order chi connectivity index (χ0) is 18.9. The van der Waals surface area contributed by atoms with Crippen LogP contribution in [0.5, 0.6) is 11.5 Å². The molecule has 0 fully saturated rings. The molecule has 1 heterocycles. The second-order valence-electron chi connectivity index (χ2n) is 5.78. The molecule has 27 heavy (non-hydrogen) atoms. The van der Waals surface area contributed by atoms with E-state index >= 15 is 0 Å². The van der Waals surface area contributed by atoms with Crippen LogP contribution in [-0.2, 0) is 13.0 Å². The van der Waals surface area contributed by atoms with Crippen LogP contribution >= 0.6 is 11.3 Å². The predicted molar refractivity (Wildman–Crippen MR) is 107 cm³/mol. The van der Waals surface area contributed by atoms with Gasteiger partial charge in [-0.2, -0.15) is 0 Å². The van der Waals surface area contributed by atoms with Crippen LogP contribution in [0.4, 0.5) is 10.5 Å². The van der Waals surface area contributed by atoms with Crippen molar-refractivity contribution >= 4 is 23.1 Å². The molecule has 7 heteroatoms. The fourth-order valence-electron chi connectivity index (χ4n) is 2.42. The summed E-state index contributed by atoms with van der Waals surface area (Å²) in [5.74, 6) is 1.50. The van der Waals surface area contributed by atoms with Gasteiger partial charge in [-0.3, -0.25) is 0 Å². The molecule has 1 aromatic heterocycles. The molecule has 0 saturated carbocycles. The fraction of sp³-hybridized carbons (Fsp3) is 0.200. The minimum absolute atomic E-state index is 0.250. The highest BCUT2D eigenvalue weighted by molar-refractivity contribution is 7.07. The lowest BCUT2D eigenvalue weighted by Crippen LogP contribution is -2.30. The summed E-state index contributed by atoms with van der Waals surface area (Å²) in [5.41, 5.74) is 4.46. The molecular formula is C20H21N3O3S. The molecule has 3 rings (SSSR count). The van der Waals surface area contributed by atoms with Crippen molar-refractivity contribution in [1.29, 1.82) is 0 Å². The highest BCUT2D eigenvalue weighted by atomic mass is 32.1. The van der Waals surface area contributed by atoms with Crippen molar-refractivity contribution in [2.75, 3.05) is 19.0 Å². The maximum absolute atomic E-state index is 12.1. The Bertz CT molecular complexity index is 851. The summed E-state index contributed by atoms with van der Waals surface area (Å²) < 4.78 is 10.8. The van der Waals surface area contributed by atoms with E-state index in [1.54, 1.807) is 18.7 Å². The Morgan fingerprint density at radius 2 is 2.00 bits per heavy atom. The van der Waals surface area contributed by atoms with Crippen molar-refractivity contribution in [2.45, 2.75) is 13.0 Å². The van der Waals surface area contributed by atoms with Crippen LogP contribution in [0.15, 0.2) is 59.4 Å². The number of nitrogens with zero attached hydrogens (tertiary/aromatic N) is 1. The third kappa shape index (κ3) is 6.00. The second kappa shape index (κ2) is 9.59. The molecule has 2 N–H and O–H groups in total. The van der Waals surface area contributed by atoms with Gasteiger partial charge in [0.05, 0.1) is 18.3 Å². The van der Waals surface area contributed by atoms with Gasteiger partial charge in [-0.15, -0.1) is 11.3 Å². The molecule has 6 nitrogen and oxygen atoms in total. The van der Waals surface area contributed by atoms with Crippen molar-refractivity contribution in [3.63, 3.8) is 0 Å². The molecule has 2 amide bonds. The standard InChI is InChI=1S/C20H21N3O3S/c1-25-18-7-5-15(6-8-18)9-10-21-20(24)23-16-3-2-4-19(11-16)26-12-17-13-27-14-22-17/h2-8,11,13-14H,9-10,12H2,1H3,(H2,21,23,24). The van der Waals surface area contributed by atoms with Crippen LogP contribution in [0.25, 0.3) is 0 Å². The first kappa shape index (κ1) is 18.7. The highest BCUT2D eigenvalue weighted by Crippen LogP contribution is 2.18. The zero-order valence-corrected chi connectivity index (χ0v) is 15.8. The van der Waals surface area contributed by atoms with Gasteiger partial charge in [-0.25, -0.2) is 9.78 Å². The molecule has 0 saturated heterocycles. The predicted octanol–water partition coefficient (Wildman–Crippen LogP) is 4.09. The molecule has 0 atom stereocenters. The number of thiazole rings is 1. The first-order valence-corrected chi connectivity index (χ1v) is 9.45. The van der Waals surface area contributed by atoms with Gasteiger partial charge in [0, 0.05) is 23.7 Å². The molecule has 3 aromatic rings.